The molecule has 0 unspecified atom stereocenters. The van der Waals surface area contributed by atoms with E-state index >= 15 is 0 Å². The first kappa shape index (κ1) is 21.0. The van der Waals surface area contributed by atoms with Crippen LogP contribution in [0, 0.1) is 0 Å². The quantitative estimate of drug-likeness (QED) is 0.698. The Morgan fingerprint density at radius 1 is 1.07 bits per heavy atom. The molecule has 2 rings (SSSR count). The number of hydrogen-bond acceptors (Lipinski definition) is 5. The van der Waals surface area contributed by atoms with Crippen molar-refractivity contribution in [1.29, 1.82) is 0 Å². The molecule has 0 bridgehead atoms. The number of nitrogens with zero attached hydrogens (tertiary/aromatic N) is 2. The zero-order valence-corrected chi connectivity index (χ0v) is 17.0. The zero-order chi connectivity index (χ0) is 20.2. The molecule has 0 fully saturated rings. The lowest BCUT2D eigenvalue weighted by molar-refractivity contribution is -0.118. The number of amides is 1. The summed E-state index contributed by atoms with van der Waals surface area (Å²) in [7, 11) is 1.99. The summed E-state index contributed by atoms with van der Waals surface area (Å²) >= 11 is 6.01. The van der Waals surface area contributed by atoms with Crippen LogP contribution in [-0.2, 0) is 14.8 Å². The highest BCUT2D eigenvalue weighted by atomic mass is 35.5. The molecule has 0 radical (unpaired) electrons. The number of hydrogen-bond donors (Lipinski definition) is 0. The highest BCUT2D eigenvalue weighted by molar-refractivity contribution is 7.89. The molecule has 2 aromatic rings. The summed E-state index contributed by atoms with van der Waals surface area (Å²) < 4.78 is 36.6. The van der Waals surface area contributed by atoms with Gasteiger partial charge in [-0.25, -0.2) is 8.42 Å². The largest absolute Gasteiger partial charge is 0.497 e. The predicted octanol–water partition coefficient (Wildman–Crippen LogP) is 2.64. The fraction of sp³-hybridized carbons (Fsp3) is 0.278. The topological polar surface area (TPSA) is 76.2 Å². The van der Waals surface area contributed by atoms with Crippen LogP contribution in [0.5, 0.6) is 11.5 Å². The second kappa shape index (κ2) is 8.60. The van der Waals surface area contributed by atoms with E-state index in [9.17, 15) is 13.2 Å². The summed E-state index contributed by atoms with van der Waals surface area (Å²) in [6, 6.07) is 11.1. The maximum Gasteiger partial charge on any atom is 0.243 e. The summed E-state index contributed by atoms with van der Waals surface area (Å²) in [4.78, 5) is 13.9. The number of carbonyl (C=O) groups is 1. The Kier molecular flexibility index (Phi) is 6.69. The van der Waals surface area contributed by atoms with Gasteiger partial charge < -0.3 is 14.4 Å². The molecule has 0 N–H and O–H groups in total. The molecule has 0 saturated carbocycles. The van der Waals surface area contributed by atoms with Gasteiger partial charge in [-0.3, -0.25) is 4.79 Å². The van der Waals surface area contributed by atoms with Crippen LogP contribution >= 0.6 is 11.6 Å². The number of rotatable bonds is 7. The predicted molar refractivity (Wildman–Crippen MR) is 104 cm³/mol. The maximum atomic E-state index is 12.7. The third-order valence-electron chi connectivity index (χ3n) is 4.00. The van der Waals surface area contributed by atoms with Crippen molar-refractivity contribution in [3.8, 4) is 11.5 Å². The van der Waals surface area contributed by atoms with Crippen molar-refractivity contribution in [2.24, 2.45) is 0 Å². The third kappa shape index (κ3) is 4.71. The van der Waals surface area contributed by atoms with Crippen LogP contribution in [0.3, 0.4) is 0 Å². The standard InChI is InChI=1S/C18H21ClN2O5S/c1-20(27(23,24)15-8-9-17(26-4)16(19)11-15)12-18(22)21(2)13-6-5-7-14(10-13)25-3/h5-11H,12H2,1-4H3. The van der Waals surface area contributed by atoms with E-state index in [4.69, 9.17) is 21.1 Å². The highest BCUT2D eigenvalue weighted by Crippen LogP contribution is 2.28. The van der Waals surface area contributed by atoms with Gasteiger partial charge >= 0.3 is 0 Å². The van der Waals surface area contributed by atoms with Gasteiger partial charge in [0.05, 0.1) is 30.7 Å². The van der Waals surface area contributed by atoms with E-state index in [2.05, 4.69) is 0 Å². The molecule has 7 nitrogen and oxygen atoms in total. The molecule has 0 spiro atoms. The van der Waals surface area contributed by atoms with Crippen LogP contribution in [-0.4, -0.2) is 53.5 Å². The van der Waals surface area contributed by atoms with E-state index in [0.717, 1.165) is 4.31 Å². The van der Waals surface area contributed by atoms with Crippen LogP contribution in [0.4, 0.5) is 5.69 Å². The molecule has 0 aromatic heterocycles. The van der Waals surface area contributed by atoms with Crippen molar-refractivity contribution in [3.05, 3.63) is 47.5 Å². The summed E-state index contributed by atoms with van der Waals surface area (Å²) in [6.45, 7) is -0.334. The molecule has 27 heavy (non-hydrogen) atoms. The molecule has 0 atom stereocenters. The number of sulfonamides is 1. The Bertz CT molecular complexity index is 933. The first-order valence-corrected chi connectivity index (χ1v) is 9.73. The van der Waals surface area contributed by atoms with E-state index in [1.807, 2.05) is 0 Å². The third-order valence-corrected chi connectivity index (χ3v) is 6.10. The molecule has 146 valence electrons. The second-order valence-corrected chi connectivity index (χ2v) is 8.16. The monoisotopic (exact) mass is 412 g/mol. The smallest absolute Gasteiger partial charge is 0.243 e. The Balaban J connectivity index is 2.17. The minimum Gasteiger partial charge on any atom is -0.497 e. The van der Waals surface area contributed by atoms with Crippen molar-refractivity contribution in [2.45, 2.75) is 4.90 Å². The van der Waals surface area contributed by atoms with Crippen molar-refractivity contribution in [1.82, 2.24) is 4.31 Å². The van der Waals surface area contributed by atoms with Crippen molar-refractivity contribution in [3.63, 3.8) is 0 Å². The average molecular weight is 413 g/mol. The minimum atomic E-state index is -3.89. The summed E-state index contributed by atoms with van der Waals surface area (Å²) in [5, 5.41) is 0.173. The molecule has 0 aliphatic heterocycles. The number of ether oxygens (including phenoxy) is 2. The van der Waals surface area contributed by atoms with Gasteiger partial charge in [0.25, 0.3) is 0 Å². The molecule has 1 amide bonds. The van der Waals surface area contributed by atoms with Crippen molar-refractivity contribution >= 4 is 33.2 Å². The van der Waals surface area contributed by atoms with Gasteiger partial charge in [0.2, 0.25) is 15.9 Å². The molecule has 0 aliphatic carbocycles. The lowest BCUT2D eigenvalue weighted by atomic mass is 10.2. The lowest BCUT2D eigenvalue weighted by Gasteiger charge is -2.22. The van der Waals surface area contributed by atoms with Crippen LogP contribution in [0.25, 0.3) is 0 Å². The van der Waals surface area contributed by atoms with E-state index in [1.165, 1.54) is 44.4 Å². The number of benzene rings is 2. The van der Waals surface area contributed by atoms with Gasteiger partial charge in [-0.05, 0) is 30.3 Å². The van der Waals surface area contributed by atoms with Crippen LogP contribution in [0.1, 0.15) is 0 Å². The highest BCUT2D eigenvalue weighted by Gasteiger charge is 2.25. The maximum absolute atomic E-state index is 12.7. The number of methoxy groups -OCH3 is 2. The average Bonchev–Trinajstić information content (AvgIpc) is 2.67. The molecule has 0 saturated heterocycles. The van der Waals surface area contributed by atoms with Crippen LogP contribution in [0.2, 0.25) is 5.02 Å². The summed E-state index contributed by atoms with van der Waals surface area (Å²) in [6.07, 6.45) is 0. The Morgan fingerprint density at radius 3 is 2.37 bits per heavy atom. The van der Waals surface area contributed by atoms with E-state index < -0.39 is 15.9 Å². The molecular weight excluding hydrogens is 392 g/mol. The fourth-order valence-electron chi connectivity index (χ4n) is 2.33. The second-order valence-electron chi connectivity index (χ2n) is 5.71. The van der Waals surface area contributed by atoms with Gasteiger partial charge in [0.15, 0.2) is 0 Å². The van der Waals surface area contributed by atoms with E-state index in [-0.39, 0.29) is 16.5 Å². The van der Waals surface area contributed by atoms with Crippen LogP contribution in [0.15, 0.2) is 47.4 Å². The number of anilines is 1. The Hall–Kier alpha value is -2.29. The first-order valence-electron chi connectivity index (χ1n) is 7.91. The Labute approximate surface area is 164 Å². The molecule has 2 aromatic carbocycles. The van der Waals surface area contributed by atoms with E-state index in [1.54, 1.807) is 31.3 Å². The minimum absolute atomic E-state index is 0.0207. The SMILES string of the molecule is COc1cccc(N(C)C(=O)CN(C)S(=O)(=O)c2ccc(OC)c(Cl)c2)c1. The van der Waals surface area contributed by atoms with Gasteiger partial charge in [-0.2, -0.15) is 4.31 Å². The van der Waals surface area contributed by atoms with Crippen molar-refractivity contribution < 1.29 is 22.7 Å². The van der Waals surface area contributed by atoms with Gasteiger partial charge in [-0.1, -0.05) is 17.7 Å². The van der Waals surface area contributed by atoms with Gasteiger partial charge in [0.1, 0.15) is 11.5 Å². The molecule has 9 heteroatoms. The fourth-order valence-corrected chi connectivity index (χ4v) is 3.80. The lowest BCUT2D eigenvalue weighted by Crippen LogP contribution is -2.39. The van der Waals surface area contributed by atoms with Crippen LogP contribution < -0.4 is 14.4 Å². The zero-order valence-electron chi connectivity index (χ0n) is 15.5. The first-order chi connectivity index (χ1) is 12.7. The number of carbonyl (C=O) groups excluding carboxylic acids is 1. The summed E-state index contributed by atoms with van der Waals surface area (Å²) in [5.41, 5.74) is 0.595. The van der Waals surface area contributed by atoms with Crippen molar-refractivity contribution in [2.75, 3.05) is 39.8 Å². The normalized spacial score (nSPS) is 11.3. The number of likely N-dealkylation sites (N-methyl/N-ethyl adjacent to an activating group) is 2. The molecule has 0 aliphatic rings. The number of halogens is 1. The molecular formula is C18H21ClN2O5S. The summed E-state index contributed by atoms with van der Waals surface area (Å²) in [5.74, 6) is 0.571. The Morgan fingerprint density at radius 2 is 1.78 bits per heavy atom. The van der Waals surface area contributed by atoms with Gasteiger partial charge in [-0.15, -0.1) is 0 Å². The van der Waals surface area contributed by atoms with E-state index in [0.29, 0.717) is 17.2 Å². The van der Waals surface area contributed by atoms with Gasteiger partial charge in [0, 0.05) is 25.8 Å². The molecule has 0 heterocycles.